The van der Waals surface area contributed by atoms with Crippen LogP contribution in [-0.4, -0.2) is 87.6 Å². The highest BCUT2D eigenvalue weighted by Crippen LogP contribution is 2.06. The van der Waals surface area contributed by atoms with E-state index < -0.39 is 72.6 Å². The second-order valence-corrected chi connectivity index (χ2v) is 8.40. The van der Waals surface area contributed by atoms with Gasteiger partial charge in [0.1, 0.15) is 18.1 Å². The lowest BCUT2D eigenvalue weighted by Gasteiger charge is -2.24. The molecule has 0 aliphatic carbocycles. The highest BCUT2D eigenvalue weighted by atomic mass is 16.4. The second-order valence-electron chi connectivity index (χ2n) is 8.40. The van der Waals surface area contributed by atoms with Gasteiger partial charge in [-0.15, -0.1) is 0 Å². The SMILES string of the molecule is CC(C)CC(N)C(=O)NC(CCCN=C(N)N)C(=O)NC(CC(=O)O)C(=O)NC(CC(=O)O)C(=O)O. The molecular weight excluding hydrogens is 482 g/mol. The van der Waals surface area contributed by atoms with Crippen molar-refractivity contribution in [2.24, 2.45) is 28.1 Å². The Morgan fingerprint density at radius 1 is 0.778 bits per heavy atom. The van der Waals surface area contributed by atoms with E-state index in [1.807, 2.05) is 19.2 Å². The maximum atomic E-state index is 12.9. The molecule has 4 unspecified atom stereocenters. The lowest BCUT2D eigenvalue weighted by atomic mass is 10.0. The first-order valence-corrected chi connectivity index (χ1v) is 11.0. The van der Waals surface area contributed by atoms with Gasteiger partial charge >= 0.3 is 17.9 Å². The van der Waals surface area contributed by atoms with Crippen molar-refractivity contribution in [3.63, 3.8) is 0 Å². The number of nitrogens with zero attached hydrogens (tertiary/aromatic N) is 1. The smallest absolute Gasteiger partial charge is 0.326 e. The van der Waals surface area contributed by atoms with Crippen molar-refractivity contribution < 1.29 is 44.1 Å². The van der Waals surface area contributed by atoms with E-state index in [-0.39, 0.29) is 31.3 Å². The molecule has 204 valence electrons. The van der Waals surface area contributed by atoms with Gasteiger partial charge in [0.05, 0.1) is 18.9 Å². The fourth-order valence-corrected chi connectivity index (χ4v) is 2.97. The van der Waals surface area contributed by atoms with Gasteiger partial charge in [-0.25, -0.2) is 4.79 Å². The summed E-state index contributed by atoms with van der Waals surface area (Å²) in [6.45, 7) is 3.79. The standard InChI is InChI=1S/C20H35N7O9/c1-9(2)6-10(21)16(32)25-11(4-3-5-24-20(22)23)17(33)26-12(7-14(28)29)18(34)27-13(19(35)36)8-15(30)31/h9-13H,3-8,21H2,1-2H3,(H,25,32)(H,26,33)(H,27,34)(H,28,29)(H,30,31)(H,35,36)(H4,22,23,24). The first-order valence-electron chi connectivity index (χ1n) is 11.0. The first kappa shape index (κ1) is 32.0. The molecule has 4 atom stereocenters. The van der Waals surface area contributed by atoms with E-state index in [4.69, 9.17) is 32.5 Å². The minimum atomic E-state index is -1.87. The van der Waals surface area contributed by atoms with Crippen LogP contribution in [0.3, 0.4) is 0 Å². The summed E-state index contributed by atoms with van der Waals surface area (Å²) >= 11 is 0. The maximum absolute atomic E-state index is 12.9. The van der Waals surface area contributed by atoms with Gasteiger partial charge in [-0.2, -0.15) is 0 Å². The van der Waals surface area contributed by atoms with E-state index in [1.54, 1.807) is 0 Å². The summed E-state index contributed by atoms with van der Waals surface area (Å²) in [5.41, 5.74) is 16.4. The van der Waals surface area contributed by atoms with Crippen LogP contribution in [0.4, 0.5) is 0 Å². The van der Waals surface area contributed by atoms with E-state index in [1.165, 1.54) is 0 Å². The van der Waals surface area contributed by atoms with Crippen LogP contribution in [0.25, 0.3) is 0 Å². The van der Waals surface area contributed by atoms with Crippen molar-refractivity contribution in [1.29, 1.82) is 0 Å². The number of carboxylic acids is 3. The highest BCUT2D eigenvalue weighted by Gasteiger charge is 2.32. The van der Waals surface area contributed by atoms with E-state index in [9.17, 15) is 28.8 Å². The number of hydrogen-bond acceptors (Lipinski definition) is 8. The Labute approximate surface area is 207 Å². The van der Waals surface area contributed by atoms with Gasteiger partial charge < -0.3 is 48.5 Å². The Bertz CT molecular complexity index is 843. The molecule has 0 aromatic heterocycles. The van der Waals surface area contributed by atoms with E-state index >= 15 is 0 Å². The van der Waals surface area contributed by atoms with Crippen LogP contribution in [0, 0.1) is 5.92 Å². The quantitative estimate of drug-likeness (QED) is 0.0526. The number of hydrogen-bond donors (Lipinski definition) is 9. The average molecular weight is 518 g/mol. The zero-order valence-corrected chi connectivity index (χ0v) is 20.1. The van der Waals surface area contributed by atoms with Crippen LogP contribution in [0.1, 0.15) is 46.0 Å². The van der Waals surface area contributed by atoms with Crippen LogP contribution >= 0.6 is 0 Å². The number of nitrogens with two attached hydrogens (primary N) is 3. The minimum absolute atomic E-state index is 0.0130. The molecule has 16 nitrogen and oxygen atoms in total. The number of guanidine groups is 1. The Morgan fingerprint density at radius 3 is 1.72 bits per heavy atom. The van der Waals surface area contributed by atoms with Crippen LogP contribution in [0.2, 0.25) is 0 Å². The number of aliphatic imine (C=N–C) groups is 1. The first-order chi connectivity index (χ1) is 16.6. The molecule has 0 rings (SSSR count). The molecule has 0 saturated carbocycles. The lowest BCUT2D eigenvalue weighted by Crippen LogP contribution is -2.57. The fraction of sp³-hybridized carbons (Fsp3) is 0.650. The Balaban J connectivity index is 5.65. The number of rotatable bonds is 17. The van der Waals surface area contributed by atoms with Crippen molar-refractivity contribution in [3.8, 4) is 0 Å². The topological polar surface area (TPSA) is 290 Å². The fourth-order valence-electron chi connectivity index (χ4n) is 2.97. The van der Waals surface area contributed by atoms with Crippen LogP contribution in [0.5, 0.6) is 0 Å². The Kier molecular flexibility index (Phi) is 14.1. The zero-order valence-electron chi connectivity index (χ0n) is 20.1. The third-order valence-corrected chi connectivity index (χ3v) is 4.65. The number of carbonyl (C=O) groups excluding carboxylic acids is 3. The Hall–Kier alpha value is -3.95. The number of carboxylic acid groups (broad SMARTS) is 3. The van der Waals surface area contributed by atoms with Gasteiger partial charge in [0.15, 0.2) is 5.96 Å². The molecule has 16 heteroatoms. The van der Waals surface area contributed by atoms with E-state index in [2.05, 4.69) is 15.6 Å². The summed E-state index contributed by atoms with van der Waals surface area (Å²) in [7, 11) is 0. The molecule has 0 aliphatic heterocycles. The van der Waals surface area contributed by atoms with Crippen molar-refractivity contribution in [1.82, 2.24) is 16.0 Å². The normalized spacial score (nSPS) is 14.0. The van der Waals surface area contributed by atoms with Crippen LogP contribution in [-0.2, 0) is 28.8 Å². The predicted octanol–water partition coefficient (Wildman–Crippen LogP) is -3.10. The lowest BCUT2D eigenvalue weighted by molar-refractivity contribution is -0.148. The summed E-state index contributed by atoms with van der Waals surface area (Å²) in [6, 6.07) is -5.84. The largest absolute Gasteiger partial charge is 0.481 e. The third kappa shape index (κ3) is 13.7. The van der Waals surface area contributed by atoms with Crippen molar-refractivity contribution in [2.45, 2.75) is 70.1 Å². The van der Waals surface area contributed by atoms with Gasteiger partial charge in [0.2, 0.25) is 17.7 Å². The summed E-state index contributed by atoms with van der Waals surface area (Å²) in [4.78, 5) is 75.0. The van der Waals surface area contributed by atoms with Gasteiger partial charge in [0.25, 0.3) is 0 Å². The molecule has 0 aromatic rings. The van der Waals surface area contributed by atoms with E-state index in [0.717, 1.165) is 0 Å². The summed E-state index contributed by atoms with van der Waals surface area (Å²) in [5, 5.41) is 33.6. The van der Waals surface area contributed by atoms with Crippen molar-refractivity contribution in [3.05, 3.63) is 0 Å². The van der Waals surface area contributed by atoms with E-state index in [0.29, 0.717) is 6.42 Å². The molecule has 0 aromatic carbocycles. The molecule has 0 fully saturated rings. The summed E-state index contributed by atoms with van der Waals surface area (Å²) in [5.74, 6) is -7.65. The number of carbonyl (C=O) groups is 6. The molecule has 0 saturated heterocycles. The summed E-state index contributed by atoms with van der Waals surface area (Å²) in [6.07, 6.45) is -1.41. The monoisotopic (exact) mass is 517 g/mol. The van der Waals surface area contributed by atoms with Crippen molar-refractivity contribution >= 4 is 41.6 Å². The highest BCUT2D eigenvalue weighted by molar-refractivity contribution is 5.96. The molecule has 36 heavy (non-hydrogen) atoms. The number of amides is 3. The molecule has 12 N–H and O–H groups in total. The zero-order chi connectivity index (χ0) is 28.0. The number of nitrogens with one attached hydrogen (secondary N) is 3. The second kappa shape index (κ2) is 15.9. The average Bonchev–Trinajstić information content (AvgIpc) is 2.73. The molecule has 3 amide bonds. The number of aliphatic carboxylic acids is 3. The Morgan fingerprint density at radius 2 is 1.25 bits per heavy atom. The van der Waals surface area contributed by atoms with Gasteiger partial charge in [-0.1, -0.05) is 13.8 Å². The molecule has 0 aliphatic rings. The van der Waals surface area contributed by atoms with Gasteiger partial charge in [-0.05, 0) is 25.2 Å². The molecule has 0 spiro atoms. The van der Waals surface area contributed by atoms with Gasteiger partial charge in [-0.3, -0.25) is 29.0 Å². The third-order valence-electron chi connectivity index (χ3n) is 4.65. The van der Waals surface area contributed by atoms with Crippen molar-refractivity contribution in [2.75, 3.05) is 6.54 Å². The maximum Gasteiger partial charge on any atom is 0.326 e. The van der Waals surface area contributed by atoms with Crippen LogP contribution in [0.15, 0.2) is 4.99 Å². The molecule has 0 radical (unpaired) electrons. The van der Waals surface area contributed by atoms with Gasteiger partial charge in [0, 0.05) is 6.54 Å². The molecular formula is C20H35N7O9. The minimum Gasteiger partial charge on any atom is -0.481 e. The molecule has 0 bridgehead atoms. The predicted molar refractivity (Wildman–Crippen MR) is 125 cm³/mol. The summed E-state index contributed by atoms with van der Waals surface area (Å²) < 4.78 is 0. The molecule has 0 heterocycles. The van der Waals surface area contributed by atoms with Crippen LogP contribution < -0.4 is 33.2 Å².